The maximum atomic E-state index is 13.1. The smallest absolute Gasteiger partial charge is 0.283 e. The van der Waals surface area contributed by atoms with Crippen molar-refractivity contribution in [1.82, 2.24) is 0 Å². The highest BCUT2D eigenvalue weighted by Crippen LogP contribution is 2.32. The molecule has 0 fully saturated rings. The highest BCUT2D eigenvalue weighted by molar-refractivity contribution is 6.53. The molecule has 0 unspecified atom stereocenters. The van der Waals surface area contributed by atoms with E-state index in [1.54, 1.807) is 66.7 Å². The van der Waals surface area contributed by atoms with E-state index in [0.717, 1.165) is 4.90 Å². The van der Waals surface area contributed by atoms with Crippen molar-refractivity contribution in [3.05, 3.63) is 123 Å². The molecule has 10 heteroatoms. The quantitative estimate of drug-likeness (QED) is 0.222. The number of para-hydroxylation sites is 1. The zero-order chi connectivity index (χ0) is 27.5. The Hall–Kier alpha value is -4.30. The van der Waals surface area contributed by atoms with Gasteiger partial charge in [-0.25, -0.2) is 4.90 Å². The predicted octanol–water partition coefficient (Wildman–Crippen LogP) is 7.47. The summed E-state index contributed by atoms with van der Waals surface area (Å²) in [6.45, 7) is 0. The van der Waals surface area contributed by atoms with Gasteiger partial charge in [-0.05, 0) is 78.9 Å². The Labute approximate surface area is 238 Å². The molecule has 5 rings (SSSR count). The first-order chi connectivity index (χ1) is 18.8. The number of carbonyl (C=O) groups excluding carboxylic acids is 3. The zero-order valence-corrected chi connectivity index (χ0v) is 22.2. The number of hydrogen-bond donors (Lipinski definition) is 2. The third-order valence-corrected chi connectivity index (χ3v) is 6.78. The highest BCUT2D eigenvalue weighted by Gasteiger charge is 2.39. The molecule has 3 amide bonds. The third-order valence-electron chi connectivity index (χ3n) is 5.70. The number of anilines is 3. The van der Waals surface area contributed by atoms with Gasteiger partial charge in [-0.15, -0.1) is 0 Å². The summed E-state index contributed by atoms with van der Waals surface area (Å²) in [5.41, 5.74) is 1.58. The number of benzene rings is 4. The van der Waals surface area contributed by atoms with Crippen molar-refractivity contribution < 1.29 is 19.1 Å². The molecule has 7 nitrogen and oxygen atoms in total. The van der Waals surface area contributed by atoms with Crippen molar-refractivity contribution in [3.8, 4) is 11.5 Å². The molecule has 0 aromatic heterocycles. The molecular weight excluding hydrogens is 561 g/mol. The van der Waals surface area contributed by atoms with Gasteiger partial charge < -0.3 is 15.4 Å². The van der Waals surface area contributed by atoms with Crippen LogP contribution in [0, 0.1) is 0 Å². The average molecular weight is 579 g/mol. The van der Waals surface area contributed by atoms with E-state index in [1.807, 2.05) is 30.3 Å². The maximum Gasteiger partial charge on any atom is 0.283 e. The first-order valence-electron chi connectivity index (χ1n) is 11.5. The summed E-state index contributed by atoms with van der Waals surface area (Å²) in [5.74, 6) is -0.422. The van der Waals surface area contributed by atoms with Gasteiger partial charge >= 0.3 is 0 Å². The Kier molecular flexibility index (Phi) is 7.56. The van der Waals surface area contributed by atoms with E-state index >= 15 is 0 Å². The van der Waals surface area contributed by atoms with Gasteiger partial charge in [0, 0.05) is 16.9 Å². The largest absolute Gasteiger partial charge is 0.457 e. The second-order valence-corrected chi connectivity index (χ2v) is 9.52. The molecule has 0 aliphatic carbocycles. The molecule has 1 aliphatic rings. The van der Waals surface area contributed by atoms with Crippen molar-refractivity contribution in [3.63, 3.8) is 0 Å². The van der Waals surface area contributed by atoms with E-state index < -0.39 is 11.8 Å². The van der Waals surface area contributed by atoms with Crippen molar-refractivity contribution >= 4 is 69.6 Å². The fourth-order valence-corrected chi connectivity index (χ4v) is 4.27. The molecule has 0 saturated carbocycles. The molecule has 194 valence electrons. The third kappa shape index (κ3) is 5.76. The SMILES string of the molecule is O=C(Nc1ccc(Cl)c(Cl)c1)c1ccc(NC2=C(Cl)C(=O)N(c3ccc(Oc4ccccc4)cc3)C2=O)cc1. The Morgan fingerprint density at radius 3 is 2.00 bits per heavy atom. The number of carbonyl (C=O) groups is 3. The van der Waals surface area contributed by atoms with Gasteiger partial charge in [0.05, 0.1) is 15.7 Å². The van der Waals surface area contributed by atoms with Crippen LogP contribution in [0.15, 0.2) is 108 Å². The lowest BCUT2D eigenvalue weighted by Gasteiger charge is -2.16. The summed E-state index contributed by atoms with van der Waals surface area (Å²) in [4.78, 5) is 39.5. The number of nitrogens with zero attached hydrogens (tertiary/aromatic N) is 1. The number of rotatable bonds is 7. The van der Waals surface area contributed by atoms with Gasteiger partial charge in [0.1, 0.15) is 22.2 Å². The monoisotopic (exact) mass is 577 g/mol. The number of hydrogen-bond acceptors (Lipinski definition) is 5. The van der Waals surface area contributed by atoms with Crippen LogP contribution in [0.1, 0.15) is 10.4 Å². The summed E-state index contributed by atoms with van der Waals surface area (Å²) >= 11 is 18.2. The van der Waals surface area contributed by atoms with Crippen LogP contribution in [0.2, 0.25) is 10.0 Å². The van der Waals surface area contributed by atoms with Gasteiger partial charge in [-0.2, -0.15) is 0 Å². The van der Waals surface area contributed by atoms with Crippen LogP contribution in [0.3, 0.4) is 0 Å². The Bertz CT molecular complexity index is 1610. The van der Waals surface area contributed by atoms with Crippen LogP contribution in [-0.2, 0) is 9.59 Å². The van der Waals surface area contributed by atoms with E-state index in [9.17, 15) is 14.4 Å². The minimum Gasteiger partial charge on any atom is -0.457 e. The second-order valence-electron chi connectivity index (χ2n) is 8.33. The molecule has 0 spiro atoms. The van der Waals surface area contributed by atoms with E-state index in [2.05, 4.69) is 10.6 Å². The fraction of sp³-hybridized carbons (Fsp3) is 0. The molecule has 0 saturated heterocycles. The van der Waals surface area contributed by atoms with Crippen molar-refractivity contribution in [2.45, 2.75) is 0 Å². The summed E-state index contributed by atoms with van der Waals surface area (Å²) in [6, 6.07) is 26.8. The molecule has 4 aromatic carbocycles. The molecule has 39 heavy (non-hydrogen) atoms. The Balaban J connectivity index is 1.25. The lowest BCUT2D eigenvalue weighted by molar-refractivity contribution is -0.120. The summed E-state index contributed by atoms with van der Waals surface area (Å²) in [7, 11) is 0. The Morgan fingerprint density at radius 2 is 1.33 bits per heavy atom. The van der Waals surface area contributed by atoms with E-state index in [4.69, 9.17) is 39.5 Å². The molecule has 1 heterocycles. The summed E-state index contributed by atoms with van der Waals surface area (Å²) < 4.78 is 5.76. The molecule has 4 aromatic rings. The number of nitrogens with one attached hydrogen (secondary N) is 2. The van der Waals surface area contributed by atoms with Crippen molar-refractivity contribution in [2.75, 3.05) is 15.5 Å². The molecule has 0 bridgehead atoms. The van der Waals surface area contributed by atoms with Gasteiger partial charge in [-0.3, -0.25) is 14.4 Å². The minimum absolute atomic E-state index is 0.0701. The van der Waals surface area contributed by atoms with Crippen molar-refractivity contribution in [2.24, 2.45) is 0 Å². The predicted molar refractivity (Wildman–Crippen MR) is 153 cm³/mol. The fourth-order valence-electron chi connectivity index (χ4n) is 3.76. The van der Waals surface area contributed by atoms with Crippen LogP contribution in [0.4, 0.5) is 17.1 Å². The van der Waals surface area contributed by atoms with E-state index in [1.165, 1.54) is 0 Å². The molecule has 1 aliphatic heterocycles. The van der Waals surface area contributed by atoms with Crippen LogP contribution >= 0.6 is 34.8 Å². The first kappa shape index (κ1) is 26.3. The van der Waals surface area contributed by atoms with Crippen LogP contribution < -0.4 is 20.3 Å². The summed E-state index contributed by atoms with van der Waals surface area (Å²) in [6.07, 6.45) is 0. The van der Waals surface area contributed by atoms with Crippen LogP contribution in [-0.4, -0.2) is 17.7 Å². The second kappa shape index (κ2) is 11.2. The van der Waals surface area contributed by atoms with E-state index in [-0.39, 0.29) is 16.6 Å². The molecule has 0 radical (unpaired) electrons. The molecule has 0 atom stereocenters. The first-order valence-corrected chi connectivity index (χ1v) is 12.7. The normalized spacial score (nSPS) is 13.1. The lowest BCUT2D eigenvalue weighted by Crippen LogP contribution is -2.32. The molecular formula is C29H18Cl3N3O4. The standard InChI is InChI=1S/C29H18Cl3N3O4/c30-23-15-10-19(16-24(23)31)34-27(36)17-6-8-18(9-7-17)33-26-25(32)28(37)35(29(26)38)20-11-13-22(14-12-20)39-21-4-2-1-3-5-21/h1-16,33H,(H,34,36). The molecule has 2 N–H and O–H groups in total. The minimum atomic E-state index is -0.654. The topological polar surface area (TPSA) is 87.7 Å². The van der Waals surface area contributed by atoms with Crippen LogP contribution in [0.25, 0.3) is 0 Å². The lowest BCUT2D eigenvalue weighted by atomic mass is 10.2. The number of ether oxygens (including phenoxy) is 1. The number of imide groups is 1. The Morgan fingerprint density at radius 1 is 0.692 bits per heavy atom. The number of amides is 3. The van der Waals surface area contributed by atoms with Gasteiger partial charge in [0.15, 0.2) is 0 Å². The van der Waals surface area contributed by atoms with Gasteiger partial charge in [0.25, 0.3) is 17.7 Å². The maximum absolute atomic E-state index is 13.1. The van der Waals surface area contributed by atoms with Gasteiger partial charge in [0.2, 0.25) is 0 Å². The van der Waals surface area contributed by atoms with Crippen LogP contribution in [0.5, 0.6) is 11.5 Å². The highest BCUT2D eigenvalue weighted by atomic mass is 35.5. The number of halogens is 3. The average Bonchev–Trinajstić information content (AvgIpc) is 3.15. The zero-order valence-electron chi connectivity index (χ0n) is 20.0. The van der Waals surface area contributed by atoms with Gasteiger partial charge in [-0.1, -0.05) is 53.0 Å². The van der Waals surface area contributed by atoms with E-state index in [0.29, 0.717) is 44.2 Å². The summed E-state index contributed by atoms with van der Waals surface area (Å²) in [5, 5.41) is 6.08. The van der Waals surface area contributed by atoms with Crippen molar-refractivity contribution in [1.29, 1.82) is 0 Å².